The molecule has 0 aliphatic carbocycles. The Balaban J connectivity index is 1.60. The fourth-order valence-corrected chi connectivity index (χ4v) is 4.54. The number of sulfonamides is 1. The number of carbonyl (C=O) groups excluding carboxylic acids is 1. The molecule has 168 valence electrons. The van der Waals surface area contributed by atoms with Crippen molar-refractivity contribution in [2.45, 2.75) is 32.3 Å². The second kappa shape index (κ2) is 10.4. The number of carbonyl (C=O) groups is 1. The standard InChI is InChI=1S/C24H26N2O5S/c1-4-26(5-2)32(28,29)21-14-11-19(12-15-21)13-16-23(27)30-17-22-18(3)31-24(25-22)20-9-7-6-8-10-20/h6-16H,4-5,17H2,1-3H3/b16-13+. The van der Waals surface area contributed by atoms with E-state index in [1.807, 2.05) is 30.3 Å². The summed E-state index contributed by atoms with van der Waals surface area (Å²) in [5.74, 6) is 0.531. The molecule has 32 heavy (non-hydrogen) atoms. The summed E-state index contributed by atoms with van der Waals surface area (Å²) in [5.41, 5.74) is 2.08. The van der Waals surface area contributed by atoms with Gasteiger partial charge in [-0.25, -0.2) is 18.2 Å². The molecule has 0 aliphatic heterocycles. The minimum Gasteiger partial charge on any atom is -0.456 e. The smallest absolute Gasteiger partial charge is 0.331 e. The van der Waals surface area contributed by atoms with E-state index in [9.17, 15) is 13.2 Å². The Morgan fingerprint density at radius 2 is 1.72 bits per heavy atom. The summed E-state index contributed by atoms with van der Waals surface area (Å²) in [6, 6.07) is 15.8. The van der Waals surface area contributed by atoms with Crippen molar-refractivity contribution in [2.24, 2.45) is 0 Å². The van der Waals surface area contributed by atoms with E-state index < -0.39 is 16.0 Å². The molecule has 0 amide bonds. The van der Waals surface area contributed by atoms with Crippen molar-refractivity contribution < 1.29 is 22.4 Å². The zero-order valence-corrected chi connectivity index (χ0v) is 19.1. The molecule has 0 fully saturated rings. The zero-order valence-electron chi connectivity index (χ0n) is 18.3. The molecule has 3 aromatic rings. The van der Waals surface area contributed by atoms with Crippen LogP contribution in [0.4, 0.5) is 0 Å². The van der Waals surface area contributed by atoms with E-state index in [-0.39, 0.29) is 11.5 Å². The number of hydrogen-bond donors (Lipinski definition) is 0. The van der Waals surface area contributed by atoms with Crippen molar-refractivity contribution in [3.05, 3.63) is 77.7 Å². The topological polar surface area (TPSA) is 89.7 Å². The molecule has 3 rings (SSSR count). The lowest BCUT2D eigenvalue weighted by Gasteiger charge is -2.18. The largest absolute Gasteiger partial charge is 0.456 e. The number of hydrogen-bond acceptors (Lipinski definition) is 6. The fourth-order valence-electron chi connectivity index (χ4n) is 3.08. The summed E-state index contributed by atoms with van der Waals surface area (Å²) in [7, 11) is -3.51. The second-order valence-electron chi connectivity index (χ2n) is 6.99. The molecule has 0 atom stereocenters. The molecule has 7 nitrogen and oxygen atoms in total. The normalized spacial score (nSPS) is 11.9. The molecule has 2 aromatic carbocycles. The van der Waals surface area contributed by atoms with Gasteiger partial charge in [0.25, 0.3) is 0 Å². The van der Waals surface area contributed by atoms with E-state index in [0.29, 0.717) is 36.0 Å². The number of esters is 1. The first kappa shape index (κ1) is 23.4. The molecule has 0 unspecified atom stereocenters. The molecular formula is C24H26N2O5S. The highest BCUT2D eigenvalue weighted by atomic mass is 32.2. The van der Waals surface area contributed by atoms with Gasteiger partial charge in [0, 0.05) is 24.7 Å². The number of rotatable bonds is 9. The average molecular weight is 455 g/mol. The molecule has 1 aromatic heterocycles. The number of nitrogens with zero attached hydrogens (tertiary/aromatic N) is 2. The summed E-state index contributed by atoms with van der Waals surface area (Å²) in [5, 5.41) is 0. The lowest BCUT2D eigenvalue weighted by molar-refractivity contribution is -0.139. The molecule has 8 heteroatoms. The van der Waals surface area contributed by atoms with E-state index in [2.05, 4.69) is 4.98 Å². The number of benzene rings is 2. The Kier molecular flexibility index (Phi) is 7.61. The summed E-state index contributed by atoms with van der Waals surface area (Å²) >= 11 is 0. The maximum atomic E-state index is 12.5. The first-order chi connectivity index (χ1) is 15.3. The van der Waals surface area contributed by atoms with Crippen molar-refractivity contribution in [3.63, 3.8) is 0 Å². The summed E-state index contributed by atoms with van der Waals surface area (Å²) in [6.07, 6.45) is 2.86. The van der Waals surface area contributed by atoms with Gasteiger partial charge in [-0.2, -0.15) is 4.31 Å². The number of oxazole rings is 1. The van der Waals surface area contributed by atoms with Crippen LogP contribution in [0.1, 0.15) is 30.9 Å². The van der Waals surface area contributed by atoms with Crippen LogP contribution in [0, 0.1) is 6.92 Å². The minimum absolute atomic E-state index is 0.00755. The third kappa shape index (κ3) is 5.52. The molecule has 0 aliphatic rings. The van der Waals surface area contributed by atoms with Crippen LogP contribution >= 0.6 is 0 Å². The first-order valence-electron chi connectivity index (χ1n) is 10.3. The lowest BCUT2D eigenvalue weighted by atomic mass is 10.2. The molecule has 0 saturated heterocycles. The van der Waals surface area contributed by atoms with Gasteiger partial charge in [0.1, 0.15) is 18.1 Å². The molecular weight excluding hydrogens is 428 g/mol. The third-order valence-corrected chi connectivity index (χ3v) is 6.96. The van der Waals surface area contributed by atoms with Crippen molar-refractivity contribution >= 4 is 22.1 Å². The minimum atomic E-state index is -3.51. The van der Waals surface area contributed by atoms with Crippen LogP contribution in [-0.4, -0.2) is 36.8 Å². The Labute approximate surface area is 188 Å². The Bertz CT molecular complexity index is 1180. The van der Waals surface area contributed by atoms with Crippen LogP contribution in [0.2, 0.25) is 0 Å². The van der Waals surface area contributed by atoms with Gasteiger partial charge in [-0.05, 0) is 42.8 Å². The molecule has 0 radical (unpaired) electrons. The van der Waals surface area contributed by atoms with E-state index in [4.69, 9.17) is 9.15 Å². The maximum absolute atomic E-state index is 12.5. The summed E-state index contributed by atoms with van der Waals surface area (Å²) < 4.78 is 37.4. The predicted molar refractivity (Wildman–Crippen MR) is 122 cm³/mol. The van der Waals surface area contributed by atoms with Crippen molar-refractivity contribution in [1.29, 1.82) is 0 Å². The van der Waals surface area contributed by atoms with Crippen LogP contribution < -0.4 is 0 Å². The van der Waals surface area contributed by atoms with Crippen molar-refractivity contribution in [1.82, 2.24) is 9.29 Å². The number of aromatic nitrogens is 1. The first-order valence-corrected chi connectivity index (χ1v) is 11.8. The average Bonchev–Trinajstić information content (AvgIpc) is 3.18. The maximum Gasteiger partial charge on any atom is 0.331 e. The number of ether oxygens (including phenoxy) is 1. The molecule has 0 bridgehead atoms. The fraction of sp³-hybridized carbons (Fsp3) is 0.250. The number of aryl methyl sites for hydroxylation is 1. The highest BCUT2D eigenvalue weighted by molar-refractivity contribution is 7.89. The molecule has 0 spiro atoms. The second-order valence-corrected chi connectivity index (χ2v) is 8.93. The lowest BCUT2D eigenvalue weighted by Crippen LogP contribution is -2.30. The summed E-state index contributed by atoms with van der Waals surface area (Å²) in [6.45, 7) is 6.17. The highest BCUT2D eigenvalue weighted by Gasteiger charge is 2.21. The van der Waals surface area contributed by atoms with Crippen LogP contribution in [0.3, 0.4) is 0 Å². The van der Waals surface area contributed by atoms with Crippen LogP contribution in [0.15, 0.2) is 70.0 Å². The van der Waals surface area contributed by atoms with Gasteiger partial charge < -0.3 is 9.15 Å². The van der Waals surface area contributed by atoms with Gasteiger partial charge in [0.05, 0.1) is 4.90 Å². The summed E-state index contributed by atoms with van der Waals surface area (Å²) in [4.78, 5) is 16.7. The quantitative estimate of drug-likeness (QED) is 0.351. The van der Waals surface area contributed by atoms with E-state index in [1.54, 1.807) is 39.0 Å². The van der Waals surface area contributed by atoms with Gasteiger partial charge >= 0.3 is 5.97 Å². The van der Waals surface area contributed by atoms with Gasteiger partial charge in [-0.1, -0.05) is 44.2 Å². The Hall–Kier alpha value is -3.23. The third-order valence-electron chi connectivity index (χ3n) is 4.90. The van der Waals surface area contributed by atoms with Crippen LogP contribution in [-0.2, 0) is 26.2 Å². The Morgan fingerprint density at radius 1 is 1.06 bits per heavy atom. The van der Waals surface area contributed by atoms with Crippen LogP contribution in [0.5, 0.6) is 0 Å². The molecule has 0 N–H and O–H groups in total. The van der Waals surface area contributed by atoms with E-state index in [1.165, 1.54) is 22.5 Å². The highest BCUT2D eigenvalue weighted by Crippen LogP contribution is 2.22. The molecule has 0 saturated carbocycles. The Morgan fingerprint density at radius 3 is 2.34 bits per heavy atom. The zero-order chi connectivity index (χ0) is 23.1. The van der Waals surface area contributed by atoms with Gasteiger partial charge in [0.2, 0.25) is 15.9 Å². The van der Waals surface area contributed by atoms with Gasteiger partial charge in [0.15, 0.2) is 0 Å². The van der Waals surface area contributed by atoms with E-state index >= 15 is 0 Å². The van der Waals surface area contributed by atoms with Crippen molar-refractivity contribution in [2.75, 3.05) is 13.1 Å². The van der Waals surface area contributed by atoms with Crippen molar-refractivity contribution in [3.8, 4) is 11.5 Å². The molecule has 1 heterocycles. The van der Waals surface area contributed by atoms with Gasteiger partial charge in [-0.15, -0.1) is 0 Å². The van der Waals surface area contributed by atoms with Crippen LogP contribution in [0.25, 0.3) is 17.5 Å². The predicted octanol–water partition coefficient (Wildman–Crippen LogP) is 4.44. The van der Waals surface area contributed by atoms with E-state index in [0.717, 1.165) is 5.56 Å². The monoisotopic (exact) mass is 454 g/mol. The SMILES string of the molecule is CCN(CC)S(=O)(=O)c1ccc(/C=C/C(=O)OCc2nc(-c3ccccc3)oc2C)cc1. The van der Waals surface area contributed by atoms with Gasteiger partial charge in [-0.3, -0.25) is 0 Å².